The van der Waals surface area contributed by atoms with Crippen LogP contribution in [0.25, 0.3) is 0 Å². The van der Waals surface area contributed by atoms with E-state index in [0.717, 1.165) is 4.31 Å². The van der Waals surface area contributed by atoms with E-state index >= 15 is 0 Å². The molecule has 2 aliphatic heterocycles. The molecule has 0 aromatic carbocycles. The summed E-state index contributed by atoms with van der Waals surface area (Å²) in [4.78, 5) is 24.8. The van der Waals surface area contributed by atoms with E-state index in [9.17, 15) is 18.0 Å². The highest BCUT2D eigenvalue weighted by molar-refractivity contribution is 7.88. The lowest BCUT2D eigenvalue weighted by molar-refractivity contribution is -0.122. The Morgan fingerprint density at radius 3 is 2.58 bits per heavy atom. The zero-order valence-electron chi connectivity index (χ0n) is 11.0. The highest BCUT2D eigenvalue weighted by Crippen LogP contribution is 2.21. The number of nitrogens with one attached hydrogen (secondary N) is 1. The largest absolute Gasteiger partial charge is 0.444 e. The van der Waals surface area contributed by atoms with Crippen LogP contribution in [0.5, 0.6) is 0 Å². The van der Waals surface area contributed by atoms with Crippen molar-refractivity contribution in [2.75, 3.05) is 19.6 Å². The van der Waals surface area contributed by atoms with Crippen LogP contribution in [0, 0.1) is 0 Å². The summed E-state index contributed by atoms with van der Waals surface area (Å²) in [6.45, 7) is 5.54. The summed E-state index contributed by atoms with van der Waals surface area (Å²) in [5, 5.41) is 0. The molecule has 0 radical (unpaired) electrons. The lowest BCUT2D eigenvalue weighted by Crippen LogP contribution is -2.55. The summed E-state index contributed by atoms with van der Waals surface area (Å²) in [7, 11) is -3.73. The van der Waals surface area contributed by atoms with Crippen molar-refractivity contribution >= 4 is 22.2 Å². The molecule has 2 saturated heterocycles. The summed E-state index contributed by atoms with van der Waals surface area (Å²) in [5.41, 5.74) is -0.627. The SMILES string of the molecule is CC(C)(C)OC(=O)N1CCN2[C@H](C1)C(=O)NS2(=O)=O. The molecule has 0 aliphatic carbocycles. The molecular formula is C10H17N3O5S. The Hall–Kier alpha value is -1.35. The average molecular weight is 291 g/mol. The lowest BCUT2D eigenvalue weighted by Gasteiger charge is -2.35. The molecule has 2 fully saturated rings. The van der Waals surface area contributed by atoms with Gasteiger partial charge in [0.15, 0.2) is 0 Å². The van der Waals surface area contributed by atoms with E-state index in [4.69, 9.17) is 4.74 Å². The molecule has 2 amide bonds. The number of nitrogens with zero attached hydrogens (tertiary/aromatic N) is 2. The molecule has 8 nitrogen and oxygen atoms in total. The molecular weight excluding hydrogens is 274 g/mol. The normalized spacial score (nSPS) is 26.8. The maximum Gasteiger partial charge on any atom is 0.410 e. The van der Waals surface area contributed by atoms with Crippen molar-refractivity contribution in [2.45, 2.75) is 32.4 Å². The molecule has 2 rings (SSSR count). The van der Waals surface area contributed by atoms with Gasteiger partial charge in [0.05, 0.1) is 0 Å². The van der Waals surface area contributed by atoms with Gasteiger partial charge < -0.3 is 9.64 Å². The zero-order valence-corrected chi connectivity index (χ0v) is 11.9. The second kappa shape index (κ2) is 4.34. The van der Waals surface area contributed by atoms with Crippen molar-refractivity contribution in [2.24, 2.45) is 0 Å². The number of hydrogen-bond acceptors (Lipinski definition) is 5. The lowest BCUT2D eigenvalue weighted by atomic mass is 10.2. The number of piperazine rings is 1. The van der Waals surface area contributed by atoms with Crippen LogP contribution in [0.3, 0.4) is 0 Å². The van der Waals surface area contributed by atoms with Gasteiger partial charge in [-0.1, -0.05) is 0 Å². The van der Waals surface area contributed by atoms with Crippen LogP contribution in [0.4, 0.5) is 4.79 Å². The van der Waals surface area contributed by atoms with E-state index in [2.05, 4.69) is 0 Å². The van der Waals surface area contributed by atoms with E-state index in [1.54, 1.807) is 20.8 Å². The molecule has 0 saturated carbocycles. The van der Waals surface area contributed by atoms with E-state index < -0.39 is 33.9 Å². The highest BCUT2D eigenvalue weighted by Gasteiger charge is 2.48. The monoisotopic (exact) mass is 291 g/mol. The first-order valence-corrected chi connectivity index (χ1v) is 7.35. The summed E-state index contributed by atoms with van der Waals surface area (Å²) >= 11 is 0. The van der Waals surface area contributed by atoms with E-state index in [0.29, 0.717) is 0 Å². The second-order valence-electron chi connectivity index (χ2n) is 5.52. The van der Waals surface area contributed by atoms with Crippen LogP contribution in [-0.4, -0.2) is 60.9 Å². The van der Waals surface area contributed by atoms with Gasteiger partial charge in [-0.3, -0.25) is 4.79 Å². The number of ether oxygens (including phenoxy) is 1. The van der Waals surface area contributed by atoms with Crippen LogP contribution in [0.1, 0.15) is 20.8 Å². The molecule has 1 atom stereocenters. The van der Waals surface area contributed by atoms with Crippen LogP contribution in [0.15, 0.2) is 0 Å². The van der Waals surface area contributed by atoms with Crippen molar-refractivity contribution in [1.29, 1.82) is 0 Å². The number of carbonyl (C=O) groups is 2. The van der Waals surface area contributed by atoms with Gasteiger partial charge in [-0.2, -0.15) is 12.7 Å². The third kappa shape index (κ3) is 2.81. The van der Waals surface area contributed by atoms with E-state index in [1.165, 1.54) is 4.90 Å². The van der Waals surface area contributed by atoms with Crippen molar-refractivity contribution < 1.29 is 22.7 Å². The Balaban J connectivity index is 2.07. The molecule has 108 valence electrons. The smallest absolute Gasteiger partial charge is 0.410 e. The summed E-state index contributed by atoms with van der Waals surface area (Å²) in [5.74, 6) is -0.603. The number of hydrogen-bond donors (Lipinski definition) is 1. The van der Waals surface area contributed by atoms with Crippen molar-refractivity contribution in [3.63, 3.8) is 0 Å². The minimum Gasteiger partial charge on any atom is -0.444 e. The second-order valence-corrected chi connectivity index (χ2v) is 7.15. The number of rotatable bonds is 0. The first-order valence-electron chi connectivity index (χ1n) is 5.91. The Labute approximate surface area is 111 Å². The zero-order chi connectivity index (χ0) is 14.4. The summed E-state index contributed by atoms with van der Waals surface area (Å²) in [6.07, 6.45) is -0.538. The van der Waals surface area contributed by atoms with Gasteiger partial charge in [-0.25, -0.2) is 9.52 Å². The molecule has 2 heterocycles. The Morgan fingerprint density at radius 1 is 1.37 bits per heavy atom. The van der Waals surface area contributed by atoms with Crippen LogP contribution in [0.2, 0.25) is 0 Å². The minimum atomic E-state index is -3.73. The Morgan fingerprint density at radius 2 is 2.00 bits per heavy atom. The Kier molecular flexibility index (Phi) is 3.21. The van der Waals surface area contributed by atoms with Gasteiger partial charge in [-0.05, 0) is 20.8 Å². The summed E-state index contributed by atoms with van der Waals surface area (Å²) in [6, 6.07) is -0.855. The maximum absolute atomic E-state index is 11.9. The molecule has 0 aromatic heterocycles. The van der Waals surface area contributed by atoms with Crippen LogP contribution in [-0.2, 0) is 19.7 Å². The van der Waals surface area contributed by atoms with Crippen molar-refractivity contribution in [3.8, 4) is 0 Å². The third-order valence-electron chi connectivity index (χ3n) is 2.82. The van der Waals surface area contributed by atoms with Gasteiger partial charge in [0.25, 0.3) is 5.91 Å². The fourth-order valence-corrected chi connectivity index (χ4v) is 3.34. The number of amides is 2. The fraction of sp³-hybridized carbons (Fsp3) is 0.800. The molecule has 9 heteroatoms. The number of fused-ring (bicyclic) bond motifs is 1. The standard InChI is InChI=1S/C10H17N3O5S/c1-10(2,3)18-9(15)12-4-5-13-7(6-12)8(14)11-19(13,16)17/h7H,4-6H2,1-3H3,(H,11,14)/t7-/m1/s1. The van der Waals surface area contributed by atoms with E-state index in [1.807, 2.05) is 4.72 Å². The maximum atomic E-state index is 11.9. The van der Waals surface area contributed by atoms with Gasteiger partial charge in [0, 0.05) is 19.6 Å². The fourth-order valence-electron chi connectivity index (χ4n) is 2.01. The number of carbonyl (C=O) groups excluding carboxylic acids is 2. The quantitative estimate of drug-likeness (QED) is 0.635. The molecule has 0 aromatic rings. The third-order valence-corrected chi connectivity index (χ3v) is 4.34. The molecule has 1 N–H and O–H groups in total. The molecule has 0 bridgehead atoms. The van der Waals surface area contributed by atoms with Gasteiger partial charge >= 0.3 is 16.3 Å². The predicted octanol–water partition coefficient (Wildman–Crippen LogP) is -0.718. The minimum absolute atomic E-state index is 0.0139. The molecule has 0 unspecified atom stereocenters. The molecule has 0 spiro atoms. The van der Waals surface area contributed by atoms with E-state index in [-0.39, 0.29) is 19.6 Å². The topological polar surface area (TPSA) is 96.0 Å². The van der Waals surface area contributed by atoms with Gasteiger partial charge in [0.2, 0.25) is 0 Å². The molecule has 19 heavy (non-hydrogen) atoms. The van der Waals surface area contributed by atoms with Crippen LogP contribution >= 0.6 is 0 Å². The summed E-state index contributed by atoms with van der Waals surface area (Å²) < 4.78 is 31.3. The van der Waals surface area contributed by atoms with Crippen molar-refractivity contribution in [1.82, 2.24) is 13.9 Å². The van der Waals surface area contributed by atoms with Crippen molar-refractivity contribution in [3.05, 3.63) is 0 Å². The average Bonchev–Trinajstić information content (AvgIpc) is 2.47. The molecule has 2 aliphatic rings. The van der Waals surface area contributed by atoms with Gasteiger partial charge in [-0.15, -0.1) is 0 Å². The van der Waals surface area contributed by atoms with Gasteiger partial charge in [0.1, 0.15) is 11.6 Å². The predicted molar refractivity (Wildman–Crippen MR) is 65.4 cm³/mol. The highest BCUT2D eigenvalue weighted by atomic mass is 32.2. The first-order chi connectivity index (χ1) is 8.60. The Bertz CT molecular complexity index is 510. The first kappa shape index (κ1) is 14.1. The van der Waals surface area contributed by atoms with Crippen LogP contribution < -0.4 is 4.72 Å².